The molecule has 1 aromatic heterocycles. The predicted molar refractivity (Wildman–Crippen MR) is 283 cm³/mol. The molecular formula is C58H79Cl2CoN3O. The molecule has 0 saturated carbocycles. The van der Waals surface area contributed by atoms with E-state index in [0.29, 0.717) is 19.5 Å². The van der Waals surface area contributed by atoms with Crippen LogP contribution >= 0.6 is 20.3 Å². The van der Waals surface area contributed by atoms with Crippen molar-refractivity contribution in [2.24, 2.45) is 9.98 Å². The van der Waals surface area contributed by atoms with Crippen molar-refractivity contribution in [2.45, 2.75) is 170 Å². The van der Waals surface area contributed by atoms with E-state index in [1.165, 1.54) is 115 Å². The van der Waals surface area contributed by atoms with Gasteiger partial charge >= 0.3 is 33.2 Å². The van der Waals surface area contributed by atoms with E-state index in [1.807, 2.05) is 38.1 Å². The summed E-state index contributed by atoms with van der Waals surface area (Å²) in [7, 11) is 9.47. The van der Waals surface area contributed by atoms with E-state index >= 15 is 0 Å². The molecule has 0 fully saturated rings. The monoisotopic (exact) mass is 962 g/mol. The van der Waals surface area contributed by atoms with Crippen molar-refractivity contribution in [2.75, 3.05) is 6.61 Å². The molecule has 0 saturated heterocycles. The van der Waals surface area contributed by atoms with Crippen LogP contribution in [0.4, 0.5) is 11.4 Å². The Morgan fingerprint density at radius 2 is 0.938 bits per heavy atom. The number of halogens is 2. The van der Waals surface area contributed by atoms with Crippen LogP contribution in [0.25, 0.3) is 22.3 Å². The molecule has 65 heavy (non-hydrogen) atoms. The number of ether oxygens (including phenoxy) is 1. The first kappa shape index (κ1) is 55.6. The van der Waals surface area contributed by atoms with Crippen molar-refractivity contribution in [3.05, 3.63) is 132 Å². The van der Waals surface area contributed by atoms with E-state index in [0.717, 1.165) is 68.6 Å². The van der Waals surface area contributed by atoms with Gasteiger partial charge in [0.05, 0.1) is 40.8 Å². The molecule has 0 radical (unpaired) electrons. The first-order valence-electron chi connectivity index (χ1n) is 24.1. The van der Waals surface area contributed by atoms with Gasteiger partial charge < -0.3 is 4.74 Å². The van der Waals surface area contributed by atoms with Crippen molar-refractivity contribution in [3.63, 3.8) is 0 Å². The van der Waals surface area contributed by atoms with Crippen molar-refractivity contribution < 1.29 is 17.6 Å². The molecule has 1 heterocycles. The van der Waals surface area contributed by atoms with Gasteiger partial charge in [-0.3, -0.25) is 9.98 Å². The van der Waals surface area contributed by atoms with E-state index < -0.39 is 0 Å². The molecule has 0 aliphatic heterocycles. The van der Waals surface area contributed by atoms with Crippen LogP contribution in [-0.2, 0) is 18.3 Å². The van der Waals surface area contributed by atoms with Crippen LogP contribution in [0, 0.1) is 0 Å². The number of hydrogen-bond donors (Lipinski definition) is 0. The SMILES string of the molecule is C.CCCCCCCCCCCCCCCCCCCCOc1c(-c2ccccc2)cc(N=C(C)c2cccc(C(C)=Nc3ccccc3C(C)(C)C)n2)cc1-c1ccccc1.[Cl][Co][Cl]. The second-order valence-corrected chi connectivity index (χ2v) is 19.8. The molecule has 0 unspecified atom stereocenters. The second-order valence-electron chi connectivity index (χ2n) is 18.1. The molecule has 0 atom stereocenters. The van der Waals surface area contributed by atoms with Gasteiger partial charge in [0.2, 0.25) is 0 Å². The zero-order valence-corrected chi connectivity index (χ0v) is 42.3. The Kier molecular flexibility index (Phi) is 27.4. The zero-order chi connectivity index (χ0) is 45.8. The molecule has 0 aliphatic rings. The fraction of sp³-hybridized carbons (Fsp3) is 0.466. The van der Waals surface area contributed by atoms with Gasteiger partial charge in [-0.2, -0.15) is 0 Å². The molecule has 0 spiro atoms. The van der Waals surface area contributed by atoms with Gasteiger partial charge in [-0.15, -0.1) is 0 Å². The summed E-state index contributed by atoms with van der Waals surface area (Å²) in [5, 5.41) is 0. The van der Waals surface area contributed by atoms with Crippen molar-refractivity contribution in [1.82, 2.24) is 4.98 Å². The Hall–Kier alpha value is -3.74. The first-order valence-corrected chi connectivity index (χ1v) is 27.0. The predicted octanol–water partition coefficient (Wildman–Crippen LogP) is 19.4. The summed E-state index contributed by atoms with van der Waals surface area (Å²) in [6, 6.07) is 40.0. The van der Waals surface area contributed by atoms with Gasteiger partial charge in [-0.05, 0) is 72.7 Å². The van der Waals surface area contributed by atoms with Crippen molar-refractivity contribution >= 4 is 43.1 Å². The summed E-state index contributed by atoms with van der Waals surface area (Å²) >= 11 is 0.382. The van der Waals surface area contributed by atoms with Crippen LogP contribution < -0.4 is 4.74 Å². The minimum absolute atomic E-state index is 0. The fourth-order valence-electron chi connectivity index (χ4n) is 8.21. The number of aromatic nitrogens is 1. The Morgan fingerprint density at radius 3 is 1.38 bits per heavy atom. The van der Waals surface area contributed by atoms with Crippen molar-refractivity contribution in [3.8, 4) is 28.0 Å². The summed E-state index contributed by atoms with van der Waals surface area (Å²) in [6.07, 6.45) is 24.6. The standard InChI is InChI=1S/C57H75N3O.CH4.2ClH.Co/c1-7-8-9-10-11-12-13-14-15-16-17-18-19-20-21-22-23-32-42-61-56-50(47-34-26-24-27-35-47)43-49(44-51(56)48-36-28-25-29-37-48)58-45(2)53-40-33-41-54(60-53)46(3)59-55-39-31-30-38-52(55)57(4,5)6;;;;/h24-31,33-41,43-44H,7-23,32,42H2,1-6H3;1H4;2*1H;/q;;;;+2/p-2. The third-order valence-corrected chi connectivity index (χ3v) is 11.8. The summed E-state index contributed by atoms with van der Waals surface area (Å²) in [6.45, 7) is 13.7. The number of hydrogen-bond acceptors (Lipinski definition) is 4. The molecule has 7 heteroatoms. The van der Waals surface area contributed by atoms with Gasteiger partial charge in [0.15, 0.2) is 0 Å². The minimum atomic E-state index is -0.0120. The Bertz CT molecular complexity index is 2050. The third-order valence-electron chi connectivity index (χ3n) is 11.8. The van der Waals surface area contributed by atoms with Crippen LogP contribution in [0.5, 0.6) is 5.75 Å². The molecular weight excluding hydrogens is 884 g/mol. The van der Waals surface area contributed by atoms with E-state index in [-0.39, 0.29) is 12.8 Å². The maximum absolute atomic E-state index is 6.80. The number of benzene rings is 4. The van der Waals surface area contributed by atoms with Gasteiger partial charge in [0.25, 0.3) is 0 Å². The first-order chi connectivity index (χ1) is 31.2. The molecule has 0 amide bonds. The number of aliphatic imine (C=N–C) groups is 2. The molecule has 0 N–H and O–H groups in total. The molecule has 0 aliphatic carbocycles. The van der Waals surface area contributed by atoms with E-state index in [2.05, 4.69) is 119 Å². The second kappa shape index (κ2) is 32.0. The summed E-state index contributed by atoms with van der Waals surface area (Å²) in [5.41, 5.74) is 10.8. The van der Waals surface area contributed by atoms with Gasteiger partial charge in [-0.1, -0.05) is 229 Å². The molecule has 4 aromatic carbocycles. The van der Waals surface area contributed by atoms with E-state index in [9.17, 15) is 0 Å². The fourth-order valence-corrected chi connectivity index (χ4v) is 8.21. The average molecular weight is 964 g/mol. The van der Waals surface area contributed by atoms with Crippen LogP contribution in [0.15, 0.2) is 125 Å². The normalized spacial score (nSPS) is 11.8. The Balaban J connectivity index is 0.00000273. The van der Waals surface area contributed by atoms with Crippen LogP contribution in [0.2, 0.25) is 0 Å². The molecule has 4 nitrogen and oxygen atoms in total. The topological polar surface area (TPSA) is 46.8 Å². The van der Waals surface area contributed by atoms with Gasteiger partial charge in [-0.25, -0.2) is 4.98 Å². The molecule has 5 aromatic rings. The Labute approximate surface area is 410 Å². The van der Waals surface area contributed by atoms with Gasteiger partial charge in [0, 0.05) is 11.1 Å². The Morgan fingerprint density at radius 1 is 0.538 bits per heavy atom. The van der Waals surface area contributed by atoms with E-state index in [4.69, 9.17) is 40.0 Å². The number of para-hydroxylation sites is 1. The third kappa shape index (κ3) is 20.3. The van der Waals surface area contributed by atoms with Gasteiger partial charge in [0.1, 0.15) is 5.75 Å². The average Bonchev–Trinajstić information content (AvgIpc) is 3.30. The maximum atomic E-state index is 6.80. The molecule has 355 valence electrons. The summed E-state index contributed by atoms with van der Waals surface area (Å²) < 4.78 is 6.80. The summed E-state index contributed by atoms with van der Waals surface area (Å²) in [5.74, 6) is 0.920. The van der Waals surface area contributed by atoms with Crippen LogP contribution in [0.3, 0.4) is 0 Å². The number of nitrogens with zero attached hydrogens (tertiary/aromatic N) is 3. The number of unbranched alkanes of at least 4 members (excludes halogenated alkanes) is 17. The number of pyridine rings is 1. The van der Waals surface area contributed by atoms with Crippen molar-refractivity contribution in [1.29, 1.82) is 0 Å². The van der Waals surface area contributed by atoms with Crippen LogP contribution in [0.1, 0.15) is 181 Å². The summed E-state index contributed by atoms with van der Waals surface area (Å²) in [4.78, 5) is 15.3. The zero-order valence-electron chi connectivity index (χ0n) is 39.7. The molecule has 5 rings (SSSR count). The van der Waals surface area contributed by atoms with E-state index in [1.54, 1.807) is 0 Å². The quantitative estimate of drug-likeness (QED) is 0.0409. The van der Waals surface area contributed by atoms with Crippen LogP contribution in [-0.4, -0.2) is 23.0 Å². The molecule has 0 bridgehead atoms. The number of rotatable bonds is 26.